The van der Waals surface area contributed by atoms with Gasteiger partial charge in [0.25, 0.3) is 5.78 Å². The minimum Gasteiger partial charge on any atom is -0.495 e. The molecule has 0 fully saturated rings. The molecule has 8 heteroatoms. The average molecular weight is 435 g/mol. The van der Waals surface area contributed by atoms with Crippen molar-refractivity contribution in [1.29, 1.82) is 5.26 Å². The molecule has 8 nitrogen and oxygen atoms in total. The van der Waals surface area contributed by atoms with Gasteiger partial charge in [-0.25, -0.2) is 9.97 Å². The summed E-state index contributed by atoms with van der Waals surface area (Å²) < 4.78 is 9.22. The van der Waals surface area contributed by atoms with E-state index >= 15 is 0 Å². The normalized spacial score (nSPS) is 11.0. The van der Waals surface area contributed by atoms with E-state index in [2.05, 4.69) is 21.0 Å². The molecule has 3 heterocycles. The molecule has 162 valence electrons. The highest BCUT2D eigenvalue weighted by Crippen LogP contribution is 2.28. The molecular weight excluding hydrogens is 414 g/mol. The van der Waals surface area contributed by atoms with E-state index in [-0.39, 0.29) is 0 Å². The number of hydrogen-bond acceptors (Lipinski definition) is 6. The third-order valence-electron chi connectivity index (χ3n) is 5.53. The zero-order valence-corrected chi connectivity index (χ0v) is 18.5. The van der Waals surface area contributed by atoms with Crippen molar-refractivity contribution in [1.82, 2.24) is 29.1 Å². The number of nitrogens with zero attached hydrogens (tertiary/aromatic N) is 7. The third kappa shape index (κ3) is 3.70. The molecule has 2 aromatic carbocycles. The van der Waals surface area contributed by atoms with Gasteiger partial charge in [-0.15, -0.1) is 5.10 Å². The van der Waals surface area contributed by atoms with E-state index in [0.29, 0.717) is 29.3 Å². The Morgan fingerprint density at radius 2 is 1.94 bits per heavy atom. The first kappa shape index (κ1) is 20.4. The van der Waals surface area contributed by atoms with Crippen LogP contribution < -0.4 is 4.74 Å². The van der Waals surface area contributed by atoms with Crippen LogP contribution in [0.5, 0.6) is 5.75 Å². The van der Waals surface area contributed by atoms with Crippen LogP contribution in [-0.4, -0.2) is 36.2 Å². The van der Waals surface area contributed by atoms with Crippen molar-refractivity contribution in [2.45, 2.75) is 20.3 Å². The molecule has 5 aromatic rings. The number of benzene rings is 2. The first-order chi connectivity index (χ1) is 16.1. The number of imidazole rings is 1. The van der Waals surface area contributed by atoms with Crippen molar-refractivity contribution in [2.24, 2.45) is 0 Å². The standard InChI is InChI=1S/C25H21N7O/c1-16-6-4-5-7-20(16)24-19(12-26)13-27-25-29-23(30-32(24)25)11-18-8-9-21(22(10-18)33-3)31-14-17(2)28-15-31/h4-10,13-15H,11H2,1-3H3. The van der Waals surface area contributed by atoms with Crippen LogP contribution in [0.25, 0.3) is 22.7 Å². The smallest absolute Gasteiger partial charge is 0.253 e. The molecular formula is C25H21N7O. The van der Waals surface area contributed by atoms with E-state index in [4.69, 9.17) is 9.84 Å². The van der Waals surface area contributed by atoms with Crippen LogP contribution in [0, 0.1) is 25.2 Å². The summed E-state index contributed by atoms with van der Waals surface area (Å²) in [7, 11) is 1.65. The molecule has 0 N–H and O–H groups in total. The molecule has 0 atom stereocenters. The van der Waals surface area contributed by atoms with Crippen LogP contribution >= 0.6 is 0 Å². The number of aromatic nitrogens is 6. The number of fused-ring (bicyclic) bond motifs is 1. The Kier molecular flexibility index (Phi) is 5.07. The Morgan fingerprint density at radius 1 is 1.09 bits per heavy atom. The molecule has 0 saturated heterocycles. The first-order valence-electron chi connectivity index (χ1n) is 10.5. The average Bonchev–Trinajstić information content (AvgIpc) is 3.44. The minimum atomic E-state index is 0.454. The lowest BCUT2D eigenvalue weighted by molar-refractivity contribution is 0.412. The molecule has 0 aliphatic carbocycles. The Morgan fingerprint density at radius 3 is 2.67 bits per heavy atom. The van der Waals surface area contributed by atoms with Gasteiger partial charge in [-0.3, -0.25) is 0 Å². The van der Waals surface area contributed by atoms with Crippen LogP contribution in [0.15, 0.2) is 61.2 Å². The molecule has 0 aliphatic rings. The van der Waals surface area contributed by atoms with Crippen molar-refractivity contribution in [2.75, 3.05) is 7.11 Å². The molecule has 33 heavy (non-hydrogen) atoms. The quantitative estimate of drug-likeness (QED) is 0.413. The SMILES string of the molecule is COc1cc(Cc2nc3ncc(C#N)c(-c4ccccc4C)n3n2)ccc1-n1cnc(C)c1. The fraction of sp³-hybridized carbons (Fsp3) is 0.160. The Bertz CT molecular complexity index is 1520. The number of hydrogen-bond donors (Lipinski definition) is 0. The van der Waals surface area contributed by atoms with Gasteiger partial charge in [0.05, 0.1) is 42.3 Å². The highest BCUT2D eigenvalue weighted by atomic mass is 16.5. The van der Waals surface area contributed by atoms with Crippen molar-refractivity contribution in [3.63, 3.8) is 0 Å². The topological polar surface area (TPSA) is 93.9 Å². The highest BCUT2D eigenvalue weighted by Gasteiger charge is 2.17. The Labute approximate surface area is 190 Å². The number of nitriles is 1. The summed E-state index contributed by atoms with van der Waals surface area (Å²) >= 11 is 0. The van der Waals surface area contributed by atoms with E-state index in [1.807, 2.05) is 67.1 Å². The zero-order valence-electron chi connectivity index (χ0n) is 18.5. The molecule has 0 radical (unpaired) electrons. The van der Waals surface area contributed by atoms with Crippen LogP contribution in [0.1, 0.15) is 28.2 Å². The lowest BCUT2D eigenvalue weighted by Crippen LogP contribution is -2.02. The van der Waals surface area contributed by atoms with Crippen molar-refractivity contribution < 1.29 is 4.74 Å². The molecule has 5 rings (SSSR count). The summed E-state index contributed by atoms with van der Waals surface area (Å²) in [5.41, 5.74) is 5.97. The van der Waals surface area contributed by atoms with Crippen molar-refractivity contribution in [3.05, 3.63) is 89.4 Å². The van der Waals surface area contributed by atoms with Gasteiger partial charge in [0.15, 0.2) is 5.82 Å². The summed E-state index contributed by atoms with van der Waals surface area (Å²) in [6.07, 6.45) is 5.77. The number of rotatable bonds is 5. The summed E-state index contributed by atoms with van der Waals surface area (Å²) in [5.74, 6) is 1.81. The van der Waals surface area contributed by atoms with Gasteiger partial charge in [-0.05, 0) is 37.1 Å². The maximum absolute atomic E-state index is 9.68. The predicted molar refractivity (Wildman–Crippen MR) is 123 cm³/mol. The monoisotopic (exact) mass is 435 g/mol. The van der Waals surface area contributed by atoms with E-state index in [1.54, 1.807) is 24.1 Å². The summed E-state index contributed by atoms with van der Waals surface area (Å²) in [5, 5.41) is 14.4. The van der Waals surface area contributed by atoms with E-state index in [9.17, 15) is 5.26 Å². The van der Waals surface area contributed by atoms with Gasteiger partial charge in [0.1, 0.15) is 11.8 Å². The van der Waals surface area contributed by atoms with Crippen LogP contribution in [0.2, 0.25) is 0 Å². The van der Waals surface area contributed by atoms with Crippen LogP contribution in [0.4, 0.5) is 0 Å². The Balaban J connectivity index is 1.55. The molecule has 0 aliphatic heterocycles. The molecule has 0 unspecified atom stereocenters. The minimum absolute atomic E-state index is 0.454. The second-order valence-corrected chi connectivity index (χ2v) is 7.79. The first-order valence-corrected chi connectivity index (χ1v) is 10.5. The van der Waals surface area contributed by atoms with Gasteiger partial charge in [-0.2, -0.15) is 14.8 Å². The lowest BCUT2D eigenvalue weighted by Gasteiger charge is -2.10. The molecule has 3 aromatic heterocycles. The second-order valence-electron chi connectivity index (χ2n) is 7.79. The van der Waals surface area contributed by atoms with Gasteiger partial charge in [-0.1, -0.05) is 30.3 Å². The summed E-state index contributed by atoms with van der Waals surface area (Å²) in [6, 6.07) is 16.1. The van der Waals surface area contributed by atoms with Crippen LogP contribution in [0.3, 0.4) is 0 Å². The molecule has 0 bridgehead atoms. The van der Waals surface area contributed by atoms with E-state index in [0.717, 1.165) is 33.8 Å². The van der Waals surface area contributed by atoms with Gasteiger partial charge in [0.2, 0.25) is 0 Å². The zero-order chi connectivity index (χ0) is 22.9. The van der Waals surface area contributed by atoms with Gasteiger partial charge >= 0.3 is 0 Å². The fourth-order valence-electron chi connectivity index (χ4n) is 3.91. The van der Waals surface area contributed by atoms with Gasteiger partial charge < -0.3 is 9.30 Å². The van der Waals surface area contributed by atoms with Crippen molar-refractivity contribution >= 4 is 5.78 Å². The predicted octanol–water partition coefficient (Wildman–Crippen LogP) is 4.06. The fourth-order valence-corrected chi connectivity index (χ4v) is 3.91. The molecule has 0 spiro atoms. The van der Waals surface area contributed by atoms with Crippen molar-refractivity contribution in [3.8, 4) is 28.8 Å². The molecule has 0 saturated carbocycles. The van der Waals surface area contributed by atoms with Crippen LogP contribution in [-0.2, 0) is 6.42 Å². The highest BCUT2D eigenvalue weighted by molar-refractivity contribution is 5.71. The third-order valence-corrected chi connectivity index (χ3v) is 5.53. The van der Waals surface area contributed by atoms with E-state index in [1.165, 1.54) is 0 Å². The number of ether oxygens (including phenoxy) is 1. The second kappa shape index (κ2) is 8.20. The van der Waals surface area contributed by atoms with E-state index < -0.39 is 0 Å². The summed E-state index contributed by atoms with van der Waals surface area (Å²) in [6.45, 7) is 3.96. The Hall–Kier alpha value is -4.51. The van der Waals surface area contributed by atoms with Gasteiger partial charge in [0, 0.05) is 18.2 Å². The molecule has 0 amide bonds. The number of aryl methyl sites for hydroxylation is 2. The lowest BCUT2D eigenvalue weighted by atomic mass is 10.0. The maximum atomic E-state index is 9.68. The summed E-state index contributed by atoms with van der Waals surface area (Å²) in [4.78, 5) is 13.3. The maximum Gasteiger partial charge on any atom is 0.253 e. The largest absolute Gasteiger partial charge is 0.495 e. The number of methoxy groups -OCH3 is 1.